The van der Waals surface area contributed by atoms with Crippen molar-refractivity contribution in [1.82, 2.24) is 10.3 Å². The van der Waals surface area contributed by atoms with Gasteiger partial charge >= 0.3 is 0 Å². The van der Waals surface area contributed by atoms with Gasteiger partial charge in [-0.3, -0.25) is 15.6 Å². The number of carbonyl (C=O) groups excluding carboxylic acids is 1. The third kappa shape index (κ3) is 4.03. The Labute approximate surface area is 102 Å². The lowest BCUT2D eigenvalue weighted by Crippen LogP contribution is -2.33. The number of anilines is 1. The fraction of sp³-hybridized carbons (Fsp3) is 0.500. The zero-order valence-corrected chi connectivity index (χ0v) is 10.4. The Balaban J connectivity index is 2.63. The Morgan fingerprint density at radius 1 is 1.59 bits per heavy atom. The Morgan fingerprint density at radius 3 is 3.00 bits per heavy atom. The van der Waals surface area contributed by atoms with Gasteiger partial charge in [-0.1, -0.05) is 19.8 Å². The minimum absolute atomic E-state index is 0.144. The Morgan fingerprint density at radius 2 is 2.35 bits per heavy atom. The molecule has 1 rings (SSSR count). The average Bonchev–Trinajstić information content (AvgIpc) is 2.36. The molecule has 4 N–H and O–H groups in total. The Bertz CT molecular complexity index is 367. The molecule has 17 heavy (non-hydrogen) atoms. The topological polar surface area (TPSA) is 80.0 Å². The number of nitrogens with two attached hydrogens (primary N) is 1. The summed E-state index contributed by atoms with van der Waals surface area (Å²) >= 11 is 0. The van der Waals surface area contributed by atoms with Gasteiger partial charge < -0.3 is 10.7 Å². The largest absolute Gasteiger partial charge is 0.349 e. The van der Waals surface area contributed by atoms with Crippen LogP contribution in [-0.2, 0) is 0 Å². The number of amides is 1. The van der Waals surface area contributed by atoms with Crippen LogP contribution in [0.1, 0.15) is 43.5 Å². The van der Waals surface area contributed by atoms with E-state index in [-0.39, 0.29) is 11.9 Å². The normalized spacial score (nSPS) is 11.9. The molecule has 5 nitrogen and oxygen atoms in total. The molecule has 0 aliphatic rings. The van der Waals surface area contributed by atoms with E-state index in [1.807, 2.05) is 6.92 Å². The molecule has 1 aromatic heterocycles. The molecule has 5 heteroatoms. The highest BCUT2D eigenvalue weighted by Gasteiger charge is 2.13. The fourth-order valence-electron chi connectivity index (χ4n) is 1.59. The van der Waals surface area contributed by atoms with Crippen molar-refractivity contribution in [1.29, 1.82) is 0 Å². The Hall–Kier alpha value is -1.62. The molecule has 0 saturated heterocycles. The minimum atomic E-state index is -0.144. The molecule has 1 amide bonds. The lowest BCUT2D eigenvalue weighted by molar-refractivity contribution is 0.0938. The van der Waals surface area contributed by atoms with E-state index in [4.69, 9.17) is 5.84 Å². The van der Waals surface area contributed by atoms with Crippen molar-refractivity contribution in [3.05, 3.63) is 24.0 Å². The summed E-state index contributed by atoms with van der Waals surface area (Å²) < 4.78 is 0. The van der Waals surface area contributed by atoms with Crippen LogP contribution in [0.25, 0.3) is 0 Å². The number of carbonyl (C=O) groups is 1. The van der Waals surface area contributed by atoms with Crippen molar-refractivity contribution in [2.24, 2.45) is 5.84 Å². The van der Waals surface area contributed by atoms with Gasteiger partial charge in [-0.05, 0) is 19.4 Å². The number of nitrogen functional groups attached to an aromatic ring is 1. The summed E-state index contributed by atoms with van der Waals surface area (Å²) in [5, 5.41) is 2.93. The number of hydrogen-bond acceptors (Lipinski definition) is 4. The van der Waals surface area contributed by atoms with Crippen molar-refractivity contribution >= 4 is 11.6 Å². The second-order valence-electron chi connectivity index (χ2n) is 4.08. The van der Waals surface area contributed by atoms with Gasteiger partial charge in [0, 0.05) is 18.4 Å². The highest BCUT2D eigenvalue weighted by Crippen LogP contribution is 2.12. The van der Waals surface area contributed by atoms with Crippen molar-refractivity contribution in [3.8, 4) is 0 Å². The highest BCUT2D eigenvalue weighted by atomic mass is 16.1. The molecule has 0 radical (unpaired) electrons. The number of hydrogen-bond donors (Lipinski definition) is 3. The maximum Gasteiger partial charge on any atom is 0.255 e. The molecule has 0 saturated carbocycles. The van der Waals surface area contributed by atoms with E-state index >= 15 is 0 Å². The lowest BCUT2D eigenvalue weighted by Gasteiger charge is -2.14. The van der Waals surface area contributed by atoms with E-state index in [0.717, 1.165) is 19.3 Å². The minimum Gasteiger partial charge on any atom is -0.349 e. The number of pyridine rings is 1. The van der Waals surface area contributed by atoms with Crippen LogP contribution >= 0.6 is 0 Å². The number of aromatic nitrogens is 1. The molecule has 1 atom stereocenters. The molecule has 1 unspecified atom stereocenters. The summed E-state index contributed by atoms with van der Waals surface area (Å²) in [6.45, 7) is 4.13. The van der Waals surface area contributed by atoms with E-state index in [9.17, 15) is 4.79 Å². The predicted octanol–water partition coefficient (Wildman–Crippen LogP) is 1.68. The molecule has 0 fully saturated rings. The highest BCUT2D eigenvalue weighted by molar-refractivity contribution is 5.99. The summed E-state index contributed by atoms with van der Waals surface area (Å²) in [7, 11) is 0. The molecule has 0 aromatic carbocycles. The second-order valence-corrected chi connectivity index (χ2v) is 4.08. The standard InChI is InChI=1S/C12H20N4O/c1-3-4-5-9(2)15-12(17)10-8-14-7-6-11(10)16-13/h6-9H,3-5,13H2,1-2H3,(H,14,16)(H,15,17). The first-order chi connectivity index (χ1) is 8.19. The Kier molecular flexibility index (Phi) is 5.42. The molecular weight excluding hydrogens is 216 g/mol. The van der Waals surface area contributed by atoms with Crippen LogP contribution in [-0.4, -0.2) is 16.9 Å². The molecule has 0 spiro atoms. The molecule has 94 valence electrons. The van der Waals surface area contributed by atoms with Gasteiger partial charge in [0.1, 0.15) is 0 Å². The third-order valence-electron chi connectivity index (χ3n) is 2.59. The molecule has 1 heterocycles. The van der Waals surface area contributed by atoms with E-state index in [2.05, 4.69) is 22.7 Å². The summed E-state index contributed by atoms with van der Waals surface area (Å²) in [5.41, 5.74) is 3.55. The summed E-state index contributed by atoms with van der Waals surface area (Å²) in [4.78, 5) is 15.9. The van der Waals surface area contributed by atoms with Crippen LogP contribution in [0.4, 0.5) is 5.69 Å². The van der Waals surface area contributed by atoms with Crippen LogP contribution in [0.5, 0.6) is 0 Å². The van der Waals surface area contributed by atoms with Gasteiger partial charge in [-0.15, -0.1) is 0 Å². The number of hydrazine groups is 1. The average molecular weight is 236 g/mol. The molecule has 1 aromatic rings. The summed E-state index contributed by atoms with van der Waals surface area (Å²) in [6, 6.07) is 1.83. The van der Waals surface area contributed by atoms with E-state index in [0.29, 0.717) is 11.3 Å². The van der Waals surface area contributed by atoms with Crippen molar-refractivity contribution in [2.45, 2.75) is 39.2 Å². The number of nitrogens with zero attached hydrogens (tertiary/aromatic N) is 1. The zero-order chi connectivity index (χ0) is 12.7. The first-order valence-electron chi connectivity index (χ1n) is 5.90. The quantitative estimate of drug-likeness (QED) is 0.518. The van der Waals surface area contributed by atoms with Crippen molar-refractivity contribution in [3.63, 3.8) is 0 Å². The molecule has 0 bridgehead atoms. The third-order valence-corrected chi connectivity index (χ3v) is 2.59. The van der Waals surface area contributed by atoms with Crippen molar-refractivity contribution < 1.29 is 4.79 Å². The smallest absolute Gasteiger partial charge is 0.255 e. The van der Waals surface area contributed by atoms with Gasteiger partial charge in [-0.2, -0.15) is 0 Å². The first-order valence-corrected chi connectivity index (χ1v) is 5.90. The first kappa shape index (κ1) is 13.4. The van der Waals surface area contributed by atoms with Crippen LogP contribution in [0, 0.1) is 0 Å². The number of rotatable bonds is 6. The maximum atomic E-state index is 12.0. The lowest BCUT2D eigenvalue weighted by atomic mass is 10.1. The molecule has 0 aliphatic heterocycles. The summed E-state index contributed by atoms with van der Waals surface area (Å²) in [6.07, 6.45) is 6.32. The van der Waals surface area contributed by atoms with Crippen LogP contribution in [0.15, 0.2) is 18.5 Å². The fourth-order valence-corrected chi connectivity index (χ4v) is 1.59. The monoisotopic (exact) mass is 236 g/mol. The van der Waals surface area contributed by atoms with E-state index in [1.54, 1.807) is 12.3 Å². The maximum absolute atomic E-state index is 12.0. The van der Waals surface area contributed by atoms with Crippen LogP contribution < -0.4 is 16.6 Å². The summed E-state index contributed by atoms with van der Waals surface area (Å²) in [5.74, 6) is 5.20. The van der Waals surface area contributed by atoms with Gasteiger partial charge in [0.05, 0.1) is 11.3 Å². The van der Waals surface area contributed by atoms with Crippen LogP contribution in [0.3, 0.4) is 0 Å². The predicted molar refractivity (Wildman–Crippen MR) is 68.5 cm³/mol. The van der Waals surface area contributed by atoms with E-state index in [1.165, 1.54) is 6.20 Å². The molecular formula is C12H20N4O. The van der Waals surface area contributed by atoms with Gasteiger partial charge in [0.25, 0.3) is 5.91 Å². The van der Waals surface area contributed by atoms with Gasteiger partial charge in [0.2, 0.25) is 0 Å². The van der Waals surface area contributed by atoms with Crippen molar-refractivity contribution in [2.75, 3.05) is 5.43 Å². The number of unbranched alkanes of at least 4 members (excludes halogenated alkanes) is 1. The SMILES string of the molecule is CCCCC(C)NC(=O)c1cnccc1NN. The van der Waals surface area contributed by atoms with Gasteiger partial charge in [0.15, 0.2) is 0 Å². The van der Waals surface area contributed by atoms with Crippen LogP contribution in [0.2, 0.25) is 0 Å². The number of nitrogens with one attached hydrogen (secondary N) is 2. The van der Waals surface area contributed by atoms with E-state index < -0.39 is 0 Å². The zero-order valence-electron chi connectivity index (χ0n) is 10.4. The second kappa shape index (κ2) is 6.85. The van der Waals surface area contributed by atoms with Gasteiger partial charge in [-0.25, -0.2) is 0 Å². The molecule has 0 aliphatic carbocycles.